The molecule has 0 spiro atoms. The monoisotopic (exact) mass is 368 g/mol. The lowest BCUT2D eigenvalue weighted by atomic mass is 10.2. The molecule has 0 aliphatic heterocycles. The van der Waals surface area contributed by atoms with Crippen molar-refractivity contribution < 1.29 is 13.2 Å². The molecule has 5 nitrogen and oxygen atoms in total. The van der Waals surface area contributed by atoms with Crippen molar-refractivity contribution in [2.75, 3.05) is 17.1 Å². The van der Waals surface area contributed by atoms with Crippen LogP contribution in [0.15, 0.2) is 83.8 Å². The van der Waals surface area contributed by atoms with Crippen molar-refractivity contribution in [2.24, 2.45) is 0 Å². The molecule has 0 amide bonds. The Balaban J connectivity index is 2.10. The summed E-state index contributed by atoms with van der Waals surface area (Å²) in [5, 5.41) is 0. The lowest BCUT2D eigenvalue weighted by Crippen LogP contribution is -2.30. The van der Waals surface area contributed by atoms with E-state index in [9.17, 15) is 8.42 Å². The van der Waals surface area contributed by atoms with Crippen LogP contribution in [0.4, 0.5) is 11.4 Å². The van der Waals surface area contributed by atoms with Crippen LogP contribution in [0.1, 0.15) is 5.56 Å². The number of para-hydroxylation sites is 1. The minimum atomic E-state index is -3.83. The molecule has 0 aromatic heterocycles. The number of hydrogen-bond donors (Lipinski definition) is 1. The number of nitrogens with zero attached hydrogens (tertiary/aromatic N) is 1. The van der Waals surface area contributed by atoms with Crippen LogP contribution >= 0.6 is 0 Å². The summed E-state index contributed by atoms with van der Waals surface area (Å²) in [6.45, 7) is 0.213. The second kappa shape index (κ2) is 7.49. The van der Waals surface area contributed by atoms with Crippen LogP contribution in [0.2, 0.25) is 0 Å². The van der Waals surface area contributed by atoms with Gasteiger partial charge in [0.2, 0.25) is 0 Å². The standard InChI is InChI=1S/C20H20N2O3S/c1-25-19-12-17(21)13-20(14-19)26(23,24)22(18-10-6-3-7-11-18)15-16-8-4-2-5-9-16/h2-14H,15,21H2,1H3. The van der Waals surface area contributed by atoms with Crippen LogP contribution < -0.4 is 14.8 Å². The minimum Gasteiger partial charge on any atom is -0.497 e. The summed E-state index contributed by atoms with van der Waals surface area (Å²) in [6, 6.07) is 23.0. The molecule has 0 fully saturated rings. The molecular weight excluding hydrogens is 348 g/mol. The number of hydrogen-bond acceptors (Lipinski definition) is 4. The molecule has 2 N–H and O–H groups in total. The van der Waals surface area contributed by atoms with Crippen molar-refractivity contribution >= 4 is 21.4 Å². The third-order valence-electron chi connectivity index (χ3n) is 3.94. The largest absolute Gasteiger partial charge is 0.497 e. The van der Waals surface area contributed by atoms with Crippen molar-refractivity contribution in [3.63, 3.8) is 0 Å². The first-order chi connectivity index (χ1) is 12.5. The normalized spacial score (nSPS) is 11.1. The van der Waals surface area contributed by atoms with Gasteiger partial charge in [0, 0.05) is 17.8 Å². The van der Waals surface area contributed by atoms with E-state index in [0.717, 1.165) is 5.56 Å². The van der Waals surface area contributed by atoms with E-state index in [1.54, 1.807) is 18.2 Å². The Hall–Kier alpha value is -2.99. The molecular formula is C20H20N2O3S. The number of methoxy groups -OCH3 is 1. The number of sulfonamides is 1. The molecule has 0 aliphatic carbocycles. The number of nitrogens with two attached hydrogens (primary N) is 1. The van der Waals surface area contributed by atoms with E-state index in [1.165, 1.54) is 23.5 Å². The lowest BCUT2D eigenvalue weighted by molar-refractivity contribution is 0.413. The average molecular weight is 368 g/mol. The summed E-state index contributed by atoms with van der Waals surface area (Å²) in [6.07, 6.45) is 0. The molecule has 0 heterocycles. The summed E-state index contributed by atoms with van der Waals surface area (Å²) in [4.78, 5) is 0.0918. The fourth-order valence-electron chi connectivity index (χ4n) is 2.65. The molecule has 0 radical (unpaired) electrons. The molecule has 0 bridgehead atoms. The lowest BCUT2D eigenvalue weighted by Gasteiger charge is -2.25. The van der Waals surface area contributed by atoms with Gasteiger partial charge in [0.1, 0.15) is 5.75 Å². The maximum absolute atomic E-state index is 13.4. The predicted octanol–water partition coefficient (Wildman–Crippen LogP) is 3.67. The maximum Gasteiger partial charge on any atom is 0.264 e. The molecule has 3 aromatic carbocycles. The molecule has 6 heteroatoms. The Morgan fingerprint density at radius 2 is 1.54 bits per heavy atom. The summed E-state index contributed by atoms with van der Waals surface area (Å²) in [5.41, 5.74) is 7.66. The SMILES string of the molecule is COc1cc(N)cc(S(=O)(=O)N(Cc2ccccc2)c2ccccc2)c1. The topological polar surface area (TPSA) is 72.6 Å². The number of ether oxygens (including phenoxy) is 1. The maximum atomic E-state index is 13.4. The van der Waals surface area contributed by atoms with Gasteiger partial charge in [0.05, 0.1) is 24.2 Å². The third-order valence-corrected chi connectivity index (χ3v) is 5.69. The molecule has 0 atom stereocenters. The zero-order valence-corrected chi connectivity index (χ0v) is 15.2. The van der Waals surface area contributed by atoms with Gasteiger partial charge in [-0.25, -0.2) is 8.42 Å². The molecule has 26 heavy (non-hydrogen) atoms. The van der Waals surface area contributed by atoms with E-state index in [1.807, 2.05) is 48.5 Å². The van der Waals surface area contributed by atoms with Crippen molar-refractivity contribution in [1.29, 1.82) is 0 Å². The van der Waals surface area contributed by atoms with E-state index in [-0.39, 0.29) is 11.4 Å². The number of benzene rings is 3. The highest BCUT2D eigenvalue weighted by Gasteiger charge is 2.26. The zero-order chi connectivity index (χ0) is 18.6. The van der Waals surface area contributed by atoms with Crippen molar-refractivity contribution in [2.45, 2.75) is 11.4 Å². The smallest absolute Gasteiger partial charge is 0.264 e. The van der Waals surface area contributed by atoms with E-state index in [0.29, 0.717) is 17.1 Å². The van der Waals surface area contributed by atoms with Gasteiger partial charge >= 0.3 is 0 Å². The highest BCUT2D eigenvalue weighted by atomic mass is 32.2. The van der Waals surface area contributed by atoms with Gasteiger partial charge in [-0.15, -0.1) is 0 Å². The van der Waals surface area contributed by atoms with Gasteiger partial charge in [-0.3, -0.25) is 4.31 Å². The Kier molecular flexibility index (Phi) is 5.14. The second-order valence-electron chi connectivity index (χ2n) is 5.77. The fraction of sp³-hybridized carbons (Fsp3) is 0.100. The summed E-state index contributed by atoms with van der Waals surface area (Å²) in [7, 11) is -2.36. The van der Waals surface area contributed by atoms with Gasteiger partial charge in [-0.05, 0) is 23.8 Å². The Bertz CT molecular complexity index is 974. The Morgan fingerprint density at radius 3 is 2.15 bits per heavy atom. The average Bonchev–Trinajstić information content (AvgIpc) is 2.67. The predicted molar refractivity (Wildman–Crippen MR) is 104 cm³/mol. The van der Waals surface area contributed by atoms with Crippen molar-refractivity contribution in [1.82, 2.24) is 0 Å². The molecule has 0 saturated carbocycles. The highest BCUT2D eigenvalue weighted by Crippen LogP contribution is 2.29. The molecule has 3 aromatic rings. The van der Waals surface area contributed by atoms with Gasteiger partial charge in [-0.2, -0.15) is 0 Å². The fourth-order valence-corrected chi connectivity index (χ4v) is 4.17. The number of nitrogen functional groups attached to an aromatic ring is 1. The van der Waals surface area contributed by atoms with Crippen LogP contribution in [-0.2, 0) is 16.6 Å². The van der Waals surface area contributed by atoms with Crippen LogP contribution in [-0.4, -0.2) is 15.5 Å². The molecule has 0 unspecified atom stereocenters. The Morgan fingerprint density at radius 1 is 0.923 bits per heavy atom. The number of rotatable bonds is 6. The van der Waals surface area contributed by atoms with Crippen LogP contribution in [0, 0.1) is 0 Å². The van der Waals surface area contributed by atoms with Crippen LogP contribution in [0.25, 0.3) is 0 Å². The van der Waals surface area contributed by atoms with Crippen LogP contribution in [0.5, 0.6) is 5.75 Å². The van der Waals surface area contributed by atoms with Crippen molar-refractivity contribution in [3.8, 4) is 5.75 Å². The van der Waals surface area contributed by atoms with E-state index in [4.69, 9.17) is 10.5 Å². The van der Waals surface area contributed by atoms with Gasteiger partial charge < -0.3 is 10.5 Å². The van der Waals surface area contributed by atoms with E-state index < -0.39 is 10.0 Å². The van der Waals surface area contributed by atoms with Gasteiger partial charge in [-0.1, -0.05) is 48.5 Å². The first-order valence-electron chi connectivity index (χ1n) is 8.07. The quantitative estimate of drug-likeness (QED) is 0.674. The summed E-state index contributed by atoms with van der Waals surface area (Å²) >= 11 is 0. The second-order valence-corrected chi connectivity index (χ2v) is 7.64. The molecule has 0 saturated heterocycles. The molecule has 0 aliphatic rings. The highest BCUT2D eigenvalue weighted by molar-refractivity contribution is 7.92. The number of anilines is 2. The first kappa shape index (κ1) is 17.8. The molecule has 134 valence electrons. The van der Waals surface area contributed by atoms with Crippen LogP contribution in [0.3, 0.4) is 0 Å². The zero-order valence-electron chi connectivity index (χ0n) is 14.4. The molecule has 3 rings (SSSR count). The van der Waals surface area contributed by atoms with Gasteiger partial charge in [0.15, 0.2) is 0 Å². The Labute approximate surface area is 153 Å². The van der Waals surface area contributed by atoms with E-state index in [2.05, 4.69) is 0 Å². The summed E-state index contributed by atoms with van der Waals surface area (Å²) < 4.78 is 33.3. The summed E-state index contributed by atoms with van der Waals surface area (Å²) in [5.74, 6) is 0.399. The minimum absolute atomic E-state index is 0.0918. The van der Waals surface area contributed by atoms with Gasteiger partial charge in [0.25, 0.3) is 10.0 Å². The van der Waals surface area contributed by atoms with Crippen molar-refractivity contribution in [3.05, 3.63) is 84.4 Å². The third kappa shape index (κ3) is 3.81. The first-order valence-corrected chi connectivity index (χ1v) is 9.51. The van der Waals surface area contributed by atoms with E-state index >= 15 is 0 Å².